The van der Waals surface area contributed by atoms with Crippen molar-refractivity contribution in [2.75, 3.05) is 0 Å². The number of halogens is 1. The molecule has 0 bridgehead atoms. The second-order valence-corrected chi connectivity index (χ2v) is 4.37. The highest BCUT2D eigenvalue weighted by atomic mass is 79.9. The lowest BCUT2D eigenvalue weighted by Gasteiger charge is -2.01. The third kappa shape index (κ3) is 1.40. The zero-order chi connectivity index (χ0) is 8.55. The van der Waals surface area contributed by atoms with Crippen molar-refractivity contribution >= 4 is 37.4 Å². The fourth-order valence-electron chi connectivity index (χ4n) is 1.13. The summed E-state index contributed by atoms with van der Waals surface area (Å²) < 4.78 is 1.26. The van der Waals surface area contributed by atoms with Crippen LogP contribution >= 0.6 is 27.3 Å². The molecule has 1 atom stereocenters. The van der Waals surface area contributed by atoms with Gasteiger partial charge in [-0.25, -0.2) is 0 Å². The van der Waals surface area contributed by atoms with E-state index in [9.17, 15) is 5.11 Å². The number of hydrogen-bond donors (Lipinski definition) is 1. The molecule has 0 spiro atoms. The number of thiophene rings is 1. The summed E-state index contributed by atoms with van der Waals surface area (Å²) >= 11 is 4.83. The molecule has 0 aliphatic heterocycles. The summed E-state index contributed by atoms with van der Waals surface area (Å²) in [5, 5.41) is 11.9. The van der Waals surface area contributed by atoms with Crippen LogP contribution in [-0.2, 0) is 0 Å². The van der Waals surface area contributed by atoms with Gasteiger partial charge in [0.15, 0.2) is 0 Å². The molecule has 0 aliphatic carbocycles. The molecule has 1 aromatic heterocycles. The number of rotatable bonds is 1. The summed E-state index contributed by atoms with van der Waals surface area (Å²) in [6.07, 6.45) is 0. The molecule has 2 rings (SSSR count). The van der Waals surface area contributed by atoms with Gasteiger partial charge in [-0.3, -0.25) is 0 Å². The first-order valence-electron chi connectivity index (χ1n) is 3.56. The molecular weight excluding hydrogens is 236 g/mol. The molecule has 2 aromatic rings. The maximum Gasteiger partial charge on any atom is 0.134 e. The fraction of sp³-hybridized carbons (Fsp3) is 0.111. The van der Waals surface area contributed by atoms with Gasteiger partial charge >= 0.3 is 0 Å². The van der Waals surface area contributed by atoms with E-state index < -0.39 is 5.01 Å². The minimum atomic E-state index is -0.554. The Morgan fingerprint density at radius 3 is 2.92 bits per heavy atom. The topological polar surface area (TPSA) is 20.2 Å². The summed E-state index contributed by atoms with van der Waals surface area (Å²) in [4.78, 5) is 0. The van der Waals surface area contributed by atoms with Gasteiger partial charge in [0, 0.05) is 4.70 Å². The van der Waals surface area contributed by atoms with Crippen molar-refractivity contribution in [2.24, 2.45) is 0 Å². The van der Waals surface area contributed by atoms with E-state index >= 15 is 0 Å². The van der Waals surface area contributed by atoms with Crippen molar-refractivity contribution in [3.63, 3.8) is 0 Å². The summed E-state index contributed by atoms with van der Waals surface area (Å²) in [7, 11) is 0. The molecule has 62 valence electrons. The van der Waals surface area contributed by atoms with Crippen LogP contribution in [0.2, 0.25) is 0 Å². The van der Waals surface area contributed by atoms with Crippen LogP contribution in [0.3, 0.4) is 0 Å². The molecule has 0 amide bonds. The molecular formula is C9H7BrOS. The van der Waals surface area contributed by atoms with E-state index in [1.54, 1.807) is 11.3 Å². The number of hydrogen-bond acceptors (Lipinski definition) is 2. The standard InChI is InChI=1S/C9H7BrOS/c10-9(11)7-1-2-8-6(5-7)3-4-12-8/h1-5,9,11H. The van der Waals surface area contributed by atoms with Crippen molar-refractivity contribution in [3.05, 3.63) is 35.2 Å². The van der Waals surface area contributed by atoms with Crippen molar-refractivity contribution in [2.45, 2.75) is 5.01 Å². The molecule has 0 fully saturated rings. The highest BCUT2D eigenvalue weighted by Gasteiger charge is 2.02. The molecule has 0 radical (unpaired) electrons. The zero-order valence-corrected chi connectivity index (χ0v) is 8.60. The number of aliphatic hydroxyl groups excluding tert-OH is 1. The molecule has 1 heterocycles. The average Bonchev–Trinajstić information content (AvgIpc) is 2.49. The molecule has 0 aliphatic rings. The Kier molecular flexibility index (Phi) is 2.17. The number of alkyl halides is 1. The van der Waals surface area contributed by atoms with Crippen molar-refractivity contribution < 1.29 is 5.11 Å². The largest absolute Gasteiger partial charge is 0.377 e. The number of fused-ring (bicyclic) bond motifs is 1. The molecule has 3 heteroatoms. The molecule has 1 aromatic carbocycles. The first kappa shape index (κ1) is 8.23. The van der Waals surface area contributed by atoms with E-state index in [0.29, 0.717) is 0 Å². The lowest BCUT2D eigenvalue weighted by molar-refractivity contribution is 0.277. The Morgan fingerprint density at radius 2 is 2.17 bits per heavy atom. The fourth-order valence-corrected chi connectivity index (χ4v) is 2.19. The van der Waals surface area contributed by atoms with E-state index in [4.69, 9.17) is 0 Å². The molecule has 12 heavy (non-hydrogen) atoms. The molecule has 1 nitrogen and oxygen atoms in total. The van der Waals surface area contributed by atoms with E-state index in [1.165, 1.54) is 10.1 Å². The van der Waals surface area contributed by atoms with Crippen LogP contribution in [0, 0.1) is 0 Å². The minimum Gasteiger partial charge on any atom is -0.377 e. The minimum absolute atomic E-state index is 0.554. The van der Waals surface area contributed by atoms with Gasteiger partial charge < -0.3 is 5.11 Å². The van der Waals surface area contributed by atoms with Crippen molar-refractivity contribution in [3.8, 4) is 0 Å². The predicted octanol–water partition coefficient (Wildman–Crippen LogP) is 3.29. The second-order valence-electron chi connectivity index (χ2n) is 2.55. The summed E-state index contributed by atoms with van der Waals surface area (Å²) in [5.41, 5.74) is 0.904. The Hall–Kier alpha value is -0.380. The summed E-state index contributed by atoms with van der Waals surface area (Å²) in [5.74, 6) is 0. The number of aliphatic hydroxyl groups is 1. The van der Waals surface area contributed by atoms with Crippen LogP contribution in [0.5, 0.6) is 0 Å². The molecule has 0 saturated heterocycles. The quantitative estimate of drug-likeness (QED) is 0.762. The van der Waals surface area contributed by atoms with Gasteiger partial charge in [-0.05, 0) is 34.5 Å². The van der Waals surface area contributed by atoms with Gasteiger partial charge in [0.25, 0.3) is 0 Å². The lowest BCUT2D eigenvalue weighted by Crippen LogP contribution is -1.84. The Bertz CT molecular complexity index is 394. The average molecular weight is 243 g/mol. The molecule has 1 N–H and O–H groups in total. The first-order chi connectivity index (χ1) is 5.77. The van der Waals surface area contributed by atoms with Crippen molar-refractivity contribution in [1.82, 2.24) is 0 Å². The third-order valence-electron chi connectivity index (χ3n) is 1.75. The van der Waals surface area contributed by atoms with Crippen LogP contribution in [0.1, 0.15) is 10.6 Å². The Labute approximate surface area is 82.8 Å². The van der Waals surface area contributed by atoms with E-state index in [0.717, 1.165) is 5.56 Å². The first-order valence-corrected chi connectivity index (χ1v) is 5.36. The van der Waals surface area contributed by atoms with Gasteiger partial charge in [-0.15, -0.1) is 11.3 Å². The van der Waals surface area contributed by atoms with Crippen LogP contribution < -0.4 is 0 Å². The molecule has 1 unspecified atom stereocenters. The third-order valence-corrected chi connectivity index (χ3v) is 3.18. The zero-order valence-electron chi connectivity index (χ0n) is 6.20. The normalized spacial score (nSPS) is 13.5. The maximum atomic E-state index is 9.24. The van der Waals surface area contributed by atoms with E-state index in [1.807, 2.05) is 18.2 Å². The van der Waals surface area contributed by atoms with Gasteiger partial charge in [0.1, 0.15) is 5.01 Å². The monoisotopic (exact) mass is 242 g/mol. The van der Waals surface area contributed by atoms with Crippen molar-refractivity contribution in [1.29, 1.82) is 0 Å². The van der Waals surface area contributed by atoms with Crippen LogP contribution in [0.15, 0.2) is 29.6 Å². The highest BCUT2D eigenvalue weighted by molar-refractivity contribution is 9.09. The Balaban J connectivity index is 2.60. The van der Waals surface area contributed by atoms with Gasteiger partial charge in [0.05, 0.1) is 0 Å². The highest BCUT2D eigenvalue weighted by Crippen LogP contribution is 2.26. The number of benzene rings is 1. The smallest absolute Gasteiger partial charge is 0.134 e. The lowest BCUT2D eigenvalue weighted by atomic mass is 10.2. The van der Waals surface area contributed by atoms with E-state index in [-0.39, 0.29) is 0 Å². The van der Waals surface area contributed by atoms with E-state index in [2.05, 4.69) is 27.4 Å². The van der Waals surface area contributed by atoms with Gasteiger partial charge in [0.2, 0.25) is 0 Å². The SMILES string of the molecule is OC(Br)c1ccc2sccc2c1. The second kappa shape index (κ2) is 3.17. The predicted molar refractivity (Wildman–Crippen MR) is 55.7 cm³/mol. The Morgan fingerprint density at radius 1 is 1.33 bits per heavy atom. The summed E-state index contributed by atoms with van der Waals surface area (Å²) in [6, 6.07) is 8.00. The van der Waals surface area contributed by atoms with Crippen LogP contribution in [0.25, 0.3) is 10.1 Å². The van der Waals surface area contributed by atoms with Crippen LogP contribution in [-0.4, -0.2) is 5.11 Å². The summed E-state index contributed by atoms with van der Waals surface area (Å²) in [6.45, 7) is 0. The maximum absolute atomic E-state index is 9.24. The van der Waals surface area contributed by atoms with Gasteiger partial charge in [-0.2, -0.15) is 0 Å². The van der Waals surface area contributed by atoms with Crippen LogP contribution in [0.4, 0.5) is 0 Å². The van der Waals surface area contributed by atoms with Gasteiger partial charge in [-0.1, -0.05) is 22.0 Å². The molecule has 0 saturated carbocycles.